The van der Waals surface area contributed by atoms with Crippen molar-refractivity contribution >= 4 is 23.2 Å². The molecule has 1 aliphatic heterocycles. The van der Waals surface area contributed by atoms with Crippen LogP contribution in [0.4, 0.5) is 24.5 Å². The Labute approximate surface area is 151 Å². The number of rotatable bonds is 5. The van der Waals surface area contributed by atoms with Gasteiger partial charge in [-0.1, -0.05) is 0 Å². The average molecular weight is 371 g/mol. The zero-order chi connectivity index (χ0) is 19.5. The number of anilines is 2. The second-order valence-corrected chi connectivity index (χ2v) is 6.32. The molecule has 2 amide bonds. The fraction of sp³-hybridized carbons (Fsp3) is 0.556. The van der Waals surface area contributed by atoms with E-state index in [1.165, 1.54) is 0 Å². The largest absolute Gasteiger partial charge is 0.471 e. The number of aryl methyl sites for hydroxylation is 1. The number of nitrogens with one attached hydrogen (secondary N) is 1. The molecule has 1 fully saturated rings. The number of halogens is 3. The topological polar surface area (TPSA) is 52.7 Å². The molecular weight excluding hydrogens is 347 g/mol. The van der Waals surface area contributed by atoms with E-state index in [-0.39, 0.29) is 13.0 Å². The third-order valence-corrected chi connectivity index (χ3v) is 4.66. The number of carbonyl (C=O) groups is 2. The van der Waals surface area contributed by atoms with E-state index in [1.807, 2.05) is 32.9 Å². The second kappa shape index (κ2) is 7.97. The van der Waals surface area contributed by atoms with Crippen molar-refractivity contribution < 1.29 is 22.8 Å². The van der Waals surface area contributed by atoms with Crippen molar-refractivity contribution in [3.8, 4) is 0 Å². The first-order valence-corrected chi connectivity index (χ1v) is 8.73. The molecule has 2 rings (SSSR count). The van der Waals surface area contributed by atoms with E-state index >= 15 is 0 Å². The van der Waals surface area contributed by atoms with Crippen molar-refractivity contribution in [2.45, 2.75) is 45.8 Å². The Morgan fingerprint density at radius 2 is 1.92 bits per heavy atom. The Balaban J connectivity index is 2.13. The van der Waals surface area contributed by atoms with Gasteiger partial charge in [0, 0.05) is 31.0 Å². The summed E-state index contributed by atoms with van der Waals surface area (Å²) >= 11 is 0. The molecule has 0 radical (unpaired) electrons. The highest BCUT2D eigenvalue weighted by Crippen LogP contribution is 2.28. The molecule has 5 nitrogen and oxygen atoms in total. The third kappa shape index (κ3) is 4.28. The Kier molecular flexibility index (Phi) is 6.15. The quantitative estimate of drug-likeness (QED) is 0.864. The van der Waals surface area contributed by atoms with Gasteiger partial charge in [-0.2, -0.15) is 13.2 Å². The fourth-order valence-corrected chi connectivity index (χ4v) is 3.23. The lowest BCUT2D eigenvalue weighted by Gasteiger charge is -2.25. The molecule has 1 unspecified atom stereocenters. The van der Waals surface area contributed by atoms with Crippen LogP contribution in [0.2, 0.25) is 0 Å². The van der Waals surface area contributed by atoms with Gasteiger partial charge in [0.2, 0.25) is 5.91 Å². The summed E-state index contributed by atoms with van der Waals surface area (Å²) < 4.78 is 38.1. The van der Waals surface area contributed by atoms with Crippen molar-refractivity contribution in [1.82, 2.24) is 4.90 Å². The minimum absolute atomic E-state index is 0.0592. The van der Waals surface area contributed by atoms with Gasteiger partial charge in [0.1, 0.15) is 6.04 Å². The van der Waals surface area contributed by atoms with E-state index < -0.39 is 24.0 Å². The molecule has 1 N–H and O–H groups in total. The Morgan fingerprint density at radius 3 is 2.46 bits per heavy atom. The highest BCUT2D eigenvalue weighted by atomic mass is 19.4. The minimum atomic E-state index is -4.97. The van der Waals surface area contributed by atoms with Crippen LogP contribution in [0, 0.1) is 6.92 Å². The fourth-order valence-electron chi connectivity index (χ4n) is 3.23. The van der Waals surface area contributed by atoms with Gasteiger partial charge in [-0.25, -0.2) is 0 Å². The van der Waals surface area contributed by atoms with Crippen molar-refractivity contribution in [3.05, 3.63) is 23.8 Å². The molecule has 0 aromatic heterocycles. The summed E-state index contributed by atoms with van der Waals surface area (Å²) in [5.74, 6) is -2.54. The molecule has 0 spiro atoms. The lowest BCUT2D eigenvalue weighted by atomic mass is 10.1. The third-order valence-electron chi connectivity index (χ3n) is 4.66. The van der Waals surface area contributed by atoms with E-state index in [1.54, 1.807) is 6.07 Å². The molecule has 1 saturated heterocycles. The van der Waals surface area contributed by atoms with Crippen LogP contribution < -0.4 is 10.2 Å². The van der Waals surface area contributed by atoms with Crippen LogP contribution in [-0.2, 0) is 9.59 Å². The van der Waals surface area contributed by atoms with Crippen LogP contribution in [0.5, 0.6) is 0 Å². The molecule has 1 aliphatic rings. The average Bonchev–Trinajstić information content (AvgIpc) is 3.06. The zero-order valence-electron chi connectivity index (χ0n) is 15.2. The van der Waals surface area contributed by atoms with Crippen LogP contribution in [0.3, 0.4) is 0 Å². The molecule has 0 saturated carbocycles. The van der Waals surface area contributed by atoms with E-state index in [4.69, 9.17) is 0 Å². The number of hydrogen-bond donors (Lipinski definition) is 1. The first kappa shape index (κ1) is 20.1. The highest BCUT2D eigenvalue weighted by Gasteiger charge is 2.47. The van der Waals surface area contributed by atoms with Gasteiger partial charge in [-0.3, -0.25) is 9.59 Å². The lowest BCUT2D eigenvalue weighted by molar-refractivity contribution is -0.186. The summed E-state index contributed by atoms with van der Waals surface area (Å²) in [5, 5.41) is 2.67. The van der Waals surface area contributed by atoms with Crippen molar-refractivity contribution in [2.24, 2.45) is 0 Å². The molecule has 26 heavy (non-hydrogen) atoms. The molecule has 8 heteroatoms. The number of carbonyl (C=O) groups excluding carboxylic acids is 2. The molecular formula is C18H24F3N3O2. The van der Waals surface area contributed by atoms with E-state index in [9.17, 15) is 22.8 Å². The monoisotopic (exact) mass is 371 g/mol. The number of hydrogen-bond acceptors (Lipinski definition) is 3. The van der Waals surface area contributed by atoms with E-state index in [2.05, 4.69) is 10.2 Å². The minimum Gasteiger partial charge on any atom is -0.372 e. The molecule has 0 bridgehead atoms. The van der Waals surface area contributed by atoms with Gasteiger partial charge in [-0.05, 0) is 57.4 Å². The van der Waals surface area contributed by atoms with Crippen LogP contribution in [0.25, 0.3) is 0 Å². The summed E-state index contributed by atoms with van der Waals surface area (Å²) in [7, 11) is 0. The highest BCUT2D eigenvalue weighted by molar-refractivity contribution is 5.98. The van der Waals surface area contributed by atoms with Crippen LogP contribution in [0.1, 0.15) is 32.3 Å². The molecule has 1 atom stereocenters. The van der Waals surface area contributed by atoms with Crippen molar-refractivity contribution in [1.29, 1.82) is 0 Å². The van der Waals surface area contributed by atoms with E-state index in [0.29, 0.717) is 17.0 Å². The second-order valence-electron chi connectivity index (χ2n) is 6.32. The van der Waals surface area contributed by atoms with Gasteiger partial charge in [-0.15, -0.1) is 0 Å². The standard InChI is InChI=1S/C18H24F3N3O2/c1-4-23(5-2)13-8-9-14(12(3)11-13)22-16(25)15-7-6-10-24(15)17(26)18(19,20)21/h8-9,11,15H,4-7,10H2,1-3H3,(H,22,25). The Morgan fingerprint density at radius 1 is 1.27 bits per heavy atom. The first-order chi connectivity index (χ1) is 12.2. The normalized spacial score (nSPS) is 17.3. The summed E-state index contributed by atoms with van der Waals surface area (Å²) in [6, 6.07) is 4.44. The Bertz CT molecular complexity index is 672. The molecule has 1 aromatic rings. The van der Waals surface area contributed by atoms with Crippen LogP contribution >= 0.6 is 0 Å². The van der Waals surface area contributed by atoms with Crippen LogP contribution in [-0.4, -0.2) is 48.6 Å². The van der Waals surface area contributed by atoms with Gasteiger partial charge in [0.25, 0.3) is 0 Å². The van der Waals surface area contributed by atoms with Gasteiger partial charge in [0.15, 0.2) is 0 Å². The van der Waals surface area contributed by atoms with E-state index in [0.717, 1.165) is 24.3 Å². The number of nitrogens with zero attached hydrogens (tertiary/aromatic N) is 2. The molecule has 144 valence electrons. The number of benzene rings is 1. The summed E-state index contributed by atoms with van der Waals surface area (Å²) in [5.41, 5.74) is 2.37. The maximum atomic E-state index is 12.7. The van der Waals surface area contributed by atoms with Crippen LogP contribution in [0.15, 0.2) is 18.2 Å². The SMILES string of the molecule is CCN(CC)c1ccc(NC(=O)C2CCCN2C(=O)C(F)(F)F)c(C)c1. The summed E-state index contributed by atoms with van der Waals surface area (Å²) in [4.78, 5) is 26.7. The molecule has 1 heterocycles. The summed E-state index contributed by atoms with van der Waals surface area (Å²) in [6.07, 6.45) is -4.37. The van der Waals surface area contributed by atoms with Gasteiger partial charge >= 0.3 is 12.1 Å². The van der Waals surface area contributed by atoms with Gasteiger partial charge < -0.3 is 15.1 Å². The lowest BCUT2D eigenvalue weighted by Crippen LogP contribution is -2.48. The first-order valence-electron chi connectivity index (χ1n) is 8.73. The maximum Gasteiger partial charge on any atom is 0.471 e. The molecule has 1 aromatic carbocycles. The smallest absolute Gasteiger partial charge is 0.372 e. The number of likely N-dealkylation sites (tertiary alicyclic amines) is 1. The Hall–Kier alpha value is -2.25. The number of amides is 2. The summed E-state index contributed by atoms with van der Waals surface area (Å²) in [6.45, 7) is 7.55. The zero-order valence-corrected chi connectivity index (χ0v) is 15.2. The predicted octanol–water partition coefficient (Wildman–Crippen LogP) is 3.33. The molecule has 0 aliphatic carbocycles. The van der Waals surface area contributed by atoms with Gasteiger partial charge in [0.05, 0.1) is 0 Å². The number of alkyl halides is 3. The predicted molar refractivity (Wildman–Crippen MR) is 94.2 cm³/mol. The van der Waals surface area contributed by atoms with Crippen molar-refractivity contribution in [2.75, 3.05) is 29.9 Å². The van der Waals surface area contributed by atoms with Crippen molar-refractivity contribution in [3.63, 3.8) is 0 Å². The maximum absolute atomic E-state index is 12.7.